The average molecular weight is 395 g/mol. The van der Waals surface area contributed by atoms with Gasteiger partial charge in [0.2, 0.25) is 11.8 Å². The molecule has 29 heavy (non-hydrogen) atoms. The van der Waals surface area contributed by atoms with Gasteiger partial charge in [0.25, 0.3) is 0 Å². The lowest BCUT2D eigenvalue weighted by molar-refractivity contribution is -0.155. The molecule has 0 spiro atoms. The second-order valence-corrected chi connectivity index (χ2v) is 7.64. The van der Waals surface area contributed by atoms with Gasteiger partial charge < -0.3 is 20.1 Å². The number of aliphatic hydroxyl groups is 1. The van der Waals surface area contributed by atoms with Crippen molar-refractivity contribution < 1.29 is 19.4 Å². The number of rotatable bonds is 6. The molecule has 2 aromatic rings. The van der Waals surface area contributed by atoms with Crippen LogP contribution in [0.5, 0.6) is 0 Å². The first-order valence-electron chi connectivity index (χ1n) is 9.97. The van der Waals surface area contributed by atoms with Gasteiger partial charge in [-0.05, 0) is 48.2 Å². The summed E-state index contributed by atoms with van der Waals surface area (Å²) in [6, 6.07) is 10.4. The molecule has 2 aliphatic rings. The molecule has 0 bridgehead atoms. The molecule has 1 saturated carbocycles. The molecule has 1 aliphatic carbocycles. The topological polar surface area (TPSA) is 91.8 Å². The summed E-state index contributed by atoms with van der Waals surface area (Å²) in [5.74, 6) is 0.0215. The van der Waals surface area contributed by atoms with Gasteiger partial charge in [-0.3, -0.25) is 14.6 Å². The van der Waals surface area contributed by atoms with Crippen LogP contribution in [0.2, 0.25) is 0 Å². The van der Waals surface area contributed by atoms with Crippen LogP contribution < -0.4 is 5.32 Å². The van der Waals surface area contributed by atoms with E-state index in [0.29, 0.717) is 17.8 Å². The Bertz CT molecular complexity index is 852. The van der Waals surface area contributed by atoms with Crippen LogP contribution in [0.3, 0.4) is 0 Å². The summed E-state index contributed by atoms with van der Waals surface area (Å²) < 4.78 is 5.41. The standard InChI is InChI=1S/C22H25N3O4/c26-20-14-29-13-19(25(20)12-15-8-10-23-11-9-15)21(27)16-4-6-18(7-5-16)24-22(28)17-2-1-3-17/h4-11,17,19,21,27H,1-3,12-14H2,(H,24,28). The molecule has 2 heterocycles. The highest BCUT2D eigenvalue weighted by atomic mass is 16.5. The number of hydrogen-bond donors (Lipinski definition) is 2. The average Bonchev–Trinajstić information content (AvgIpc) is 2.69. The number of aliphatic hydroxyl groups excluding tert-OH is 1. The van der Waals surface area contributed by atoms with Gasteiger partial charge in [0.05, 0.1) is 12.6 Å². The van der Waals surface area contributed by atoms with Crippen molar-refractivity contribution >= 4 is 17.5 Å². The fourth-order valence-corrected chi connectivity index (χ4v) is 3.68. The molecule has 2 unspecified atom stereocenters. The maximum atomic E-state index is 12.4. The summed E-state index contributed by atoms with van der Waals surface area (Å²) in [7, 11) is 0. The molecule has 7 nitrogen and oxygen atoms in total. The molecule has 1 aromatic carbocycles. The molecule has 1 saturated heterocycles. The van der Waals surface area contributed by atoms with Crippen LogP contribution in [0.1, 0.15) is 36.5 Å². The molecule has 2 amide bonds. The summed E-state index contributed by atoms with van der Waals surface area (Å²) in [5, 5.41) is 13.9. The number of ether oxygens (including phenoxy) is 1. The minimum atomic E-state index is -0.891. The predicted molar refractivity (Wildman–Crippen MR) is 107 cm³/mol. The van der Waals surface area contributed by atoms with Crippen LogP contribution in [-0.2, 0) is 20.9 Å². The monoisotopic (exact) mass is 395 g/mol. The van der Waals surface area contributed by atoms with Crippen molar-refractivity contribution in [2.75, 3.05) is 18.5 Å². The van der Waals surface area contributed by atoms with E-state index >= 15 is 0 Å². The van der Waals surface area contributed by atoms with E-state index in [2.05, 4.69) is 10.3 Å². The zero-order chi connectivity index (χ0) is 20.2. The molecule has 2 atom stereocenters. The van der Waals surface area contributed by atoms with Crippen LogP contribution in [0.25, 0.3) is 0 Å². The quantitative estimate of drug-likeness (QED) is 0.783. The Labute approximate surface area is 169 Å². The number of anilines is 1. The van der Waals surface area contributed by atoms with Crippen molar-refractivity contribution in [3.63, 3.8) is 0 Å². The lowest BCUT2D eigenvalue weighted by atomic mass is 9.85. The number of carbonyl (C=O) groups is 2. The normalized spacial score (nSPS) is 20.8. The Kier molecular flexibility index (Phi) is 5.87. The Morgan fingerprint density at radius 1 is 1.21 bits per heavy atom. The molecular formula is C22H25N3O4. The van der Waals surface area contributed by atoms with Crippen LogP contribution in [0.15, 0.2) is 48.8 Å². The third-order valence-corrected chi connectivity index (χ3v) is 5.70. The zero-order valence-electron chi connectivity index (χ0n) is 16.2. The summed E-state index contributed by atoms with van der Waals surface area (Å²) in [6.07, 6.45) is 5.49. The maximum absolute atomic E-state index is 12.4. The zero-order valence-corrected chi connectivity index (χ0v) is 16.2. The van der Waals surface area contributed by atoms with Crippen LogP contribution >= 0.6 is 0 Å². The minimum absolute atomic E-state index is 0.0143. The second kappa shape index (κ2) is 8.71. The first-order valence-corrected chi connectivity index (χ1v) is 9.97. The SMILES string of the molecule is O=C(Nc1ccc(C(O)C2COCC(=O)N2Cc2ccncc2)cc1)C1CCC1. The number of morpholine rings is 1. The summed E-state index contributed by atoms with van der Waals surface area (Å²) in [4.78, 5) is 30.2. The van der Waals surface area contributed by atoms with E-state index < -0.39 is 12.1 Å². The van der Waals surface area contributed by atoms with Gasteiger partial charge >= 0.3 is 0 Å². The van der Waals surface area contributed by atoms with Gasteiger partial charge in [-0.25, -0.2) is 0 Å². The van der Waals surface area contributed by atoms with Gasteiger partial charge in [0.15, 0.2) is 0 Å². The van der Waals surface area contributed by atoms with Crippen LogP contribution in [0, 0.1) is 5.92 Å². The van der Waals surface area contributed by atoms with Crippen molar-refractivity contribution in [2.45, 2.75) is 38.0 Å². The molecule has 0 radical (unpaired) electrons. The van der Waals surface area contributed by atoms with E-state index in [1.54, 1.807) is 41.6 Å². The number of pyridine rings is 1. The molecule has 2 N–H and O–H groups in total. The highest BCUT2D eigenvalue weighted by Crippen LogP contribution is 2.29. The smallest absolute Gasteiger partial charge is 0.249 e. The fraction of sp³-hybridized carbons (Fsp3) is 0.409. The molecule has 152 valence electrons. The van der Waals surface area contributed by atoms with E-state index in [-0.39, 0.29) is 30.9 Å². The molecule has 1 aromatic heterocycles. The Morgan fingerprint density at radius 3 is 2.59 bits per heavy atom. The van der Waals surface area contributed by atoms with Crippen molar-refractivity contribution in [1.29, 1.82) is 0 Å². The number of nitrogens with one attached hydrogen (secondary N) is 1. The first kappa shape index (κ1) is 19.5. The number of aromatic nitrogens is 1. The van der Waals surface area contributed by atoms with Crippen molar-refractivity contribution in [3.8, 4) is 0 Å². The highest BCUT2D eigenvalue weighted by molar-refractivity contribution is 5.93. The molecule has 4 rings (SSSR count). The number of amides is 2. The molecule has 1 aliphatic heterocycles. The summed E-state index contributed by atoms with van der Waals surface area (Å²) >= 11 is 0. The number of nitrogens with zero attached hydrogens (tertiary/aromatic N) is 2. The van der Waals surface area contributed by atoms with Crippen molar-refractivity contribution in [2.24, 2.45) is 5.92 Å². The Hall–Kier alpha value is -2.77. The molecule has 2 fully saturated rings. The predicted octanol–water partition coefficient (Wildman–Crippen LogP) is 2.28. The maximum Gasteiger partial charge on any atom is 0.249 e. The lowest BCUT2D eigenvalue weighted by Crippen LogP contribution is -2.51. The molecular weight excluding hydrogens is 370 g/mol. The van der Waals surface area contributed by atoms with Crippen LogP contribution in [-0.4, -0.2) is 46.1 Å². The van der Waals surface area contributed by atoms with Crippen molar-refractivity contribution in [1.82, 2.24) is 9.88 Å². The van der Waals surface area contributed by atoms with E-state index in [1.807, 2.05) is 12.1 Å². The van der Waals surface area contributed by atoms with Crippen molar-refractivity contribution in [3.05, 3.63) is 59.9 Å². The fourth-order valence-electron chi connectivity index (χ4n) is 3.68. The van der Waals surface area contributed by atoms with Gasteiger partial charge in [-0.2, -0.15) is 0 Å². The lowest BCUT2D eigenvalue weighted by Gasteiger charge is -2.38. The second-order valence-electron chi connectivity index (χ2n) is 7.64. The number of carbonyl (C=O) groups excluding carboxylic acids is 2. The number of hydrogen-bond acceptors (Lipinski definition) is 5. The van der Waals surface area contributed by atoms with Gasteiger partial charge in [-0.1, -0.05) is 18.6 Å². The summed E-state index contributed by atoms with van der Waals surface area (Å²) in [5.41, 5.74) is 2.33. The largest absolute Gasteiger partial charge is 0.386 e. The first-order chi connectivity index (χ1) is 14.1. The van der Waals surface area contributed by atoms with E-state index in [0.717, 1.165) is 24.8 Å². The number of benzene rings is 1. The van der Waals surface area contributed by atoms with Gasteiger partial charge in [0, 0.05) is 30.5 Å². The summed E-state index contributed by atoms with van der Waals surface area (Å²) in [6.45, 7) is 0.667. The van der Waals surface area contributed by atoms with Gasteiger partial charge in [-0.15, -0.1) is 0 Å². The van der Waals surface area contributed by atoms with Crippen LogP contribution in [0.4, 0.5) is 5.69 Å². The molecule has 7 heteroatoms. The van der Waals surface area contributed by atoms with E-state index in [1.165, 1.54) is 0 Å². The third kappa shape index (κ3) is 4.46. The van der Waals surface area contributed by atoms with Gasteiger partial charge in [0.1, 0.15) is 12.7 Å². The van der Waals surface area contributed by atoms with E-state index in [4.69, 9.17) is 4.74 Å². The Balaban J connectivity index is 1.45. The van der Waals surface area contributed by atoms with E-state index in [9.17, 15) is 14.7 Å². The Morgan fingerprint density at radius 2 is 1.93 bits per heavy atom. The highest BCUT2D eigenvalue weighted by Gasteiger charge is 2.34. The third-order valence-electron chi connectivity index (χ3n) is 5.70. The minimum Gasteiger partial charge on any atom is -0.386 e.